The van der Waals surface area contributed by atoms with Crippen LogP contribution in [-0.2, 0) is 9.84 Å². The van der Waals surface area contributed by atoms with Crippen LogP contribution in [0, 0.1) is 0 Å². The van der Waals surface area contributed by atoms with Crippen LogP contribution in [0.15, 0.2) is 0 Å². The summed E-state index contributed by atoms with van der Waals surface area (Å²) < 4.78 is 20.9. The molecule has 0 fully saturated rings. The summed E-state index contributed by atoms with van der Waals surface area (Å²) in [6.07, 6.45) is 1.24. The van der Waals surface area contributed by atoms with E-state index in [9.17, 15) is 8.42 Å². The lowest BCUT2D eigenvalue weighted by Gasteiger charge is -1.97. The van der Waals surface area contributed by atoms with E-state index in [0.29, 0.717) is 6.54 Å². The number of rotatable bonds is 4. The predicted molar refractivity (Wildman–Crippen MR) is 38.3 cm³/mol. The first-order valence-electron chi connectivity index (χ1n) is 2.94. The molecule has 9 heavy (non-hydrogen) atoms. The van der Waals surface area contributed by atoms with Gasteiger partial charge in [0.05, 0.1) is 5.75 Å². The van der Waals surface area contributed by atoms with Gasteiger partial charge in [0.15, 0.2) is 0 Å². The van der Waals surface area contributed by atoms with E-state index in [1.165, 1.54) is 6.26 Å². The Hall–Kier alpha value is -0.0900. The van der Waals surface area contributed by atoms with E-state index in [4.69, 9.17) is 0 Å². The minimum absolute atomic E-state index is 0.237. The van der Waals surface area contributed by atoms with E-state index < -0.39 is 9.84 Å². The van der Waals surface area contributed by atoms with Crippen molar-refractivity contribution >= 4 is 9.84 Å². The van der Waals surface area contributed by atoms with Crippen LogP contribution in [0.1, 0.15) is 6.92 Å². The van der Waals surface area contributed by atoms with E-state index in [1.54, 1.807) is 0 Å². The van der Waals surface area contributed by atoms with Crippen LogP contribution in [-0.4, -0.2) is 33.5 Å². The van der Waals surface area contributed by atoms with Gasteiger partial charge in [-0.05, 0) is 6.54 Å². The Morgan fingerprint density at radius 3 is 2.33 bits per heavy atom. The van der Waals surface area contributed by atoms with E-state index in [0.717, 1.165) is 6.54 Å². The van der Waals surface area contributed by atoms with E-state index in [2.05, 4.69) is 5.32 Å². The van der Waals surface area contributed by atoms with Gasteiger partial charge in [-0.25, -0.2) is 8.42 Å². The molecule has 0 unspecified atom stereocenters. The Labute approximate surface area is 56.4 Å². The molecule has 0 aliphatic rings. The fourth-order valence-electron chi connectivity index (χ4n) is 0.434. The molecule has 0 bridgehead atoms. The maximum Gasteiger partial charge on any atom is 0.148 e. The normalized spacial score (nSPS) is 11.8. The summed E-state index contributed by atoms with van der Waals surface area (Å²) in [5, 5.41) is 2.93. The van der Waals surface area contributed by atoms with Crippen molar-refractivity contribution in [2.24, 2.45) is 0 Å². The highest BCUT2D eigenvalue weighted by atomic mass is 32.2. The van der Waals surface area contributed by atoms with Gasteiger partial charge < -0.3 is 5.32 Å². The third-order valence-electron chi connectivity index (χ3n) is 0.900. The van der Waals surface area contributed by atoms with Crippen molar-refractivity contribution in [2.45, 2.75) is 6.92 Å². The van der Waals surface area contributed by atoms with Gasteiger partial charge in [-0.2, -0.15) is 0 Å². The van der Waals surface area contributed by atoms with Gasteiger partial charge >= 0.3 is 0 Å². The van der Waals surface area contributed by atoms with Gasteiger partial charge in [0.25, 0.3) is 0 Å². The molecule has 0 heterocycles. The molecule has 1 N–H and O–H groups in total. The second kappa shape index (κ2) is 3.85. The molecular formula is C5H13NO2S. The van der Waals surface area contributed by atoms with E-state index in [-0.39, 0.29) is 5.75 Å². The molecule has 0 atom stereocenters. The standard InChI is InChI=1S/C5H13NO2S/c1-3-6-4-5-9(2,7)8/h6H,3-5H2,1-2H3. The largest absolute Gasteiger partial charge is 0.316 e. The van der Waals surface area contributed by atoms with Crippen molar-refractivity contribution in [3.05, 3.63) is 0 Å². The lowest BCUT2D eigenvalue weighted by atomic mass is 10.7. The highest BCUT2D eigenvalue weighted by Crippen LogP contribution is 1.78. The average Bonchev–Trinajstić information content (AvgIpc) is 1.63. The van der Waals surface area contributed by atoms with Crippen molar-refractivity contribution in [1.82, 2.24) is 5.32 Å². The van der Waals surface area contributed by atoms with Crippen LogP contribution >= 0.6 is 0 Å². The summed E-state index contributed by atoms with van der Waals surface area (Å²) in [5.41, 5.74) is 0. The van der Waals surface area contributed by atoms with E-state index >= 15 is 0 Å². The van der Waals surface area contributed by atoms with Gasteiger partial charge in [0.1, 0.15) is 9.84 Å². The maximum atomic E-state index is 10.5. The summed E-state index contributed by atoms with van der Waals surface area (Å²) in [6.45, 7) is 3.34. The SMILES string of the molecule is CCNCCS(C)(=O)=O. The first-order valence-corrected chi connectivity index (χ1v) is 5.00. The van der Waals surface area contributed by atoms with Crippen LogP contribution in [0.2, 0.25) is 0 Å². The Bertz CT molecular complexity index is 150. The molecule has 0 aliphatic carbocycles. The summed E-state index contributed by atoms with van der Waals surface area (Å²) in [6, 6.07) is 0. The first-order chi connectivity index (χ1) is 4.06. The van der Waals surface area contributed by atoms with Crippen LogP contribution in [0.4, 0.5) is 0 Å². The summed E-state index contributed by atoms with van der Waals surface area (Å²) in [4.78, 5) is 0. The lowest BCUT2D eigenvalue weighted by Crippen LogP contribution is -2.21. The van der Waals surface area contributed by atoms with E-state index in [1.807, 2.05) is 6.92 Å². The highest BCUT2D eigenvalue weighted by Gasteiger charge is 1.98. The molecule has 0 saturated carbocycles. The molecular weight excluding hydrogens is 138 g/mol. The fraction of sp³-hybridized carbons (Fsp3) is 1.00. The Kier molecular flexibility index (Phi) is 3.81. The van der Waals surface area contributed by atoms with Crippen LogP contribution in [0.25, 0.3) is 0 Å². The number of hydrogen-bond donors (Lipinski definition) is 1. The quantitative estimate of drug-likeness (QED) is 0.558. The van der Waals surface area contributed by atoms with Crippen molar-refractivity contribution in [3.8, 4) is 0 Å². The molecule has 0 saturated heterocycles. The Morgan fingerprint density at radius 1 is 1.44 bits per heavy atom. The number of sulfone groups is 1. The Balaban J connectivity index is 3.30. The molecule has 0 radical (unpaired) electrons. The van der Waals surface area contributed by atoms with Crippen molar-refractivity contribution in [1.29, 1.82) is 0 Å². The summed E-state index contributed by atoms with van der Waals surface area (Å²) >= 11 is 0. The zero-order valence-corrected chi connectivity index (χ0v) is 6.66. The zero-order valence-electron chi connectivity index (χ0n) is 5.85. The lowest BCUT2D eigenvalue weighted by molar-refractivity contribution is 0.598. The van der Waals surface area contributed by atoms with Gasteiger partial charge in [0.2, 0.25) is 0 Å². The molecule has 3 nitrogen and oxygen atoms in total. The Morgan fingerprint density at radius 2 is 2.00 bits per heavy atom. The third-order valence-corrected chi connectivity index (χ3v) is 1.85. The fourth-order valence-corrected chi connectivity index (χ4v) is 0.949. The minimum atomic E-state index is -2.76. The summed E-state index contributed by atoms with van der Waals surface area (Å²) in [7, 11) is -2.76. The van der Waals surface area contributed by atoms with Crippen molar-refractivity contribution in [3.63, 3.8) is 0 Å². The molecule has 0 rings (SSSR count). The average molecular weight is 151 g/mol. The van der Waals surface area contributed by atoms with Crippen LogP contribution in [0.5, 0.6) is 0 Å². The minimum Gasteiger partial charge on any atom is -0.316 e. The monoisotopic (exact) mass is 151 g/mol. The summed E-state index contributed by atoms with van der Waals surface area (Å²) in [5.74, 6) is 0.237. The zero-order chi connectivity index (χ0) is 7.33. The maximum absolute atomic E-state index is 10.5. The second-order valence-corrected chi connectivity index (χ2v) is 4.24. The molecule has 0 aromatic heterocycles. The molecule has 0 aromatic rings. The first kappa shape index (κ1) is 8.91. The molecule has 56 valence electrons. The topological polar surface area (TPSA) is 46.2 Å². The third kappa shape index (κ3) is 7.91. The van der Waals surface area contributed by atoms with Crippen molar-refractivity contribution < 1.29 is 8.42 Å². The predicted octanol–water partition coefficient (Wildman–Crippen LogP) is -0.359. The van der Waals surface area contributed by atoms with Crippen molar-refractivity contribution in [2.75, 3.05) is 25.1 Å². The van der Waals surface area contributed by atoms with Crippen LogP contribution < -0.4 is 5.32 Å². The van der Waals surface area contributed by atoms with Gasteiger partial charge in [-0.1, -0.05) is 6.92 Å². The molecule has 0 amide bonds. The highest BCUT2D eigenvalue weighted by molar-refractivity contribution is 7.90. The molecule has 0 aliphatic heterocycles. The number of hydrogen-bond acceptors (Lipinski definition) is 3. The van der Waals surface area contributed by atoms with Gasteiger partial charge in [0, 0.05) is 12.8 Å². The smallest absolute Gasteiger partial charge is 0.148 e. The number of nitrogens with one attached hydrogen (secondary N) is 1. The second-order valence-electron chi connectivity index (χ2n) is 1.98. The van der Waals surface area contributed by atoms with Gasteiger partial charge in [-0.15, -0.1) is 0 Å². The molecule has 4 heteroatoms. The van der Waals surface area contributed by atoms with Gasteiger partial charge in [-0.3, -0.25) is 0 Å². The van der Waals surface area contributed by atoms with Crippen LogP contribution in [0.3, 0.4) is 0 Å². The molecule has 0 aromatic carbocycles. The molecule has 0 spiro atoms.